The van der Waals surface area contributed by atoms with Gasteiger partial charge in [0.2, 0.25) is 0 Å². The van der Waals surface area contributed by atoms with Gasteiger partial charge in [-0.15, -0.1) is 12.4 Å². The SMILES string of the molecule is Cc1cncc(C(=O)N2CC(N)Cc3ccccc32)c1.Cl. The Hall–Kier alpha value is -1.91. The summed E-state index contributed by atoms with van der Waals surface area (Å²) in [5.41, 5.74) is 9.74. The standard InChI is InChI=1S/C16H17N3O.ClH/c1-11-6-13(9-18-8-11)16(20)19-10-14(17)7-12-4-2-3-5-15(12)19;/h2-6,8-9,14H,7,10,17H2,1H3;1H. The van der Waals surface area contributed by atoms with Gasteiger partial charge in [0.05, 0.1) is 5.56 Å². The number of benzene rings is 1. The predicted molar refractivity (Wildman–Crippen MR) is 86.0 cm³/mol. The zero-order valence-electron chi connectivity index (χ0n) is 11.8. The van der Waals surface area contributed by atoms with Crippen LogP contribution in [0.4, 0.5) is 5.69 Å². The fourth-order valence-electron chi connectivity index (χ4n) is 2.65. The first kappa shape index (κ1) is 15.5. The Balaban J connectivity index is 0.00000161. The van der Waals surface area contributed by atoms with Crippen LogP contribution in [0.5, 0.6) is 0 Å². The lowest BCUT2D eigenvalue weighted by molar-refractivity contribution is 0.0983. The van der Waals surface area contributed by atoms with Gasteiger partial charge in [0.1, 0.15) is 0 Å². The van der Waals surface area contributed by atoms with Crippen LogP contribution in [-0.4, -0.2) is 23.5 Å². The summed E-state index contributed by atoms with van der Waals surface area (Å²) in [6.07, 6.45) is 4.16. The molecule has 4 nitrogen and oxygen atoms in total. The summed E-state index contributed by atoms with van der Waals surface area (Å²) in [5.74, 6) is -0.0381. The third-order valence-corrected chi connectivity index (χ3v) is 3.55. The van der Waals surface area contributed by atoms with Crippen LogP contribution in [0, 0.1) is 6.92 Å². The second kappa shape index (κ2) is 6.24. The zero-order chi connectivity index (χ0) is 14.1. The Morgan fingerprint density at radius 2 is 2.10 bits per heavy atom. The second-order valence-corrected chi connectivity index (χ2v) is 5.26. The highest BCUT2D eigenvalue weighted by molar-refractivity contribution is 6.06. The van der Waals surface area contributed by atoms with Gasteiger partial charge in [-0.1, -0.05) is 18.2 Å². The Morgan fingerprint density at radius 1 is 1.33 bits per heavy atom. The van der Waals surface area contributed by atoms with Crippen LogP contribution in [0.3, 0.4) is 0 Å². The molecule has 0 saturated carbocycles. The Morgan fingerprint density at radius 3 is 2.86 bits per heavy atom. The Labute approximate surface area is 130 Å². The summed E-state index contributed by atoms with van der Waals surface area (Å²) in [4.78, 5) is 18.6. The lowest BCUT2D eigenvalue weighted by Crippen LogP contribution is -2.46. The number of nitrogens with zero attached hydrogens (tertiary/aromatic N) is 2. The van der Waals surface area contributed by atoms with Crippen molar-refractivity contribution in [2.75, 3.05) is 11.4 Å². The van der Waals surface area contributed by atoms with Crippen LogP contribution >= 0.6 is 12.4 Å². The summed E-state index contributed by atoms with van der Waals surface area (Å²) >= 11 is 0. The number of anilines is 1. The highest BCUT2D eigenvalue weighted by Gasteiger charge is 2.27. The summed E-state index contributed by atoms with van der Waals surface area (Å²) in [7, 11) is 0. The molecule has 2 heterocycles. The van der Waals surface area contributed by atoms with Gasteiger partial charge in [-0.25, -0.2) is 0 Å². The summed E-state index contributed by atoms with van der Waals surface area (Å²) < 4.78 is 0. The van der Waals surface area contributed by atoms with E-state index in [1.54, 1.807) is 17.3 Å². The maximum atomic E-state index is 12.7. The molecule has 3 rings (SSSR count). The average molecular weight is 304 g/mol. The van der Waals surface area contributed by atoms with Crippen molar-refractivity contribution in [2.24, 2.45) is 5.73 Å². The van der Waals surface area contributed by atoms with Crippen LogP contribution in [0.15, 0.2) is 42.7 Å². The number of rotatable bonds is 1. The Bertz CT molecular complexity index is 659. The molecule has 2 aromatic rings. The highest BCUT2D eigenvalue weighted by Crippen LogP contribution is 2.27. The fraction of sp³-hybridized carbons (Fsp3) is 0.250. The first-order valence-corrected chi connectivity index (χ1v) is 6.72. The number of aromatic nitrogens is 1. The van der Waals surface area contributed by atoms with Gasteiger partial charge in [-0.2, -0.15) is 0 Å². The smallest absolute Gasteiger partial charge is 0.259 e. The van der Waals surface area contributed by atoms with Crippen molar-refractivity contribution < 1.29 is 4.79 Å². The lowest BCUT2D eigenvalue weighted by atomic mass is 9.98. The van der Waals surface area contributed by atoms with E-state index in [2.05, 4.69) is 4.98 Å². The molecule has 110 valence electrons. The molecular formula is C16H18ClN3O. The van der Waals surface area contributed by atoms with Crippen molar-refractivity contribution >= 4 is 24.0 Å². The van der Waals surface area contributed by atoms with E-state index in [1.165, 1.54) is 0 Å². The number of para-hydroxylation sites is 1. The van der Waals surface area contributed by atoms with Crippen molar-refractivity contribution in [1.82, 2.24) is 4.98 Å². The molecule has 21 heavy (non-hydrogen) atoms. The molecule has 5 heteroatoms. The third-order valence-electron chi connectivity index (χ3n) is 3.55. The number of hydrogen-bond acceptors (Lipinski definition) is 3. The number of nitrogens with two attached hydrogens (primary N) is 1. The molecule has 2 N–H and O–H groups in total. The fourth-order valence-corrected chi connectivity index (χ4v) is 2.65. The van der Waals surface area contributed by atoms with E-state index in [9.17, 15) is 4.79 Å². The van der Waals surface area contributed by atoms with E-state index in [-0.39, 0.29) is 24.4 Å². The zero-order valence-corrected chi connectivity index (χ0v) is 12.6. The van der Waals surface area contributed by atoms with Crippen molar-refractivity contribution in [2.45, 2.75) is 19.4 Å². The number of pyridine rings is 1. The molecule has 1 aliphatic heterocycles. The van der Waals surface area contributed by atoms with Crippen LogP contribution in [-0.2, 0) is 6.42 Å². The first-order chi connectivity index (χ1) is 9.65. The summed E-state index contributed by atoms with van der Waals surface area (Å²) in [5, 5.41) is 0. The van der Waals surface area contributed by atoms with Gasteiger partial charge in [0, 0.05) is 30.7 Å². The van der Waals surface area contributed by atoms with Crippen molar-refractivity contribution in [3.05, 3.63) is 59.4 Å². The molecule has 1 aliphatic rings. The van der Waals surface area contributed by atoms with E-state index in [4.69, 9.17) is 5.73 Å². The van der Waals surface area contributed by atoms with Gasteiger partial charge in [0.15, 0.2) is 0 Å². The lowest BCUT2D eigenvalue weighted by Gasteiger charge is -2.33. The number of amides is 1. The number of hydrogen-bond donors (Lipinski definition) is 1. The van der Waals surface area contributed by atoms with Gasteiger partial charge >= 0.3 is 0 Å². The summed E-state index contributed by atoms with van der Waals surface area (Å²) in [6.45, 7) is 2.48. The topological polar surface area (TPSA) is 59.2 Å². The van der Waals surface area contributed by atoms with Gasteiger partial charge in [-0.3, -0.25) is 9.78 Å². The third kappa shape index (κ3) is 3.06. The van der Waals surface area contributed by atoms with Gasteiger partial charge < -0.3 is 10.6 Å². The van der Waals surface area contributed by atoms with Crippen LogP contribution in [0.25, 0.3) is 0 Å². The highest BCUT2D eigenvalue weighted by atomic mass is 35.5. The van der Waals surface area contributed by atoms with Gasteiger partial charge in [0.25, 0.3) is 5.91 Å². The minimum atomic E-state index is -0.0381. The van der Waals surface area contributed by atoms with E-state index in [0.29, 0.717) is 12.1 Å². The number of halogens is 1. The minimum Gasteiger partial charge on any atom is -0.326 e. The quantitative estimate of drug-likeness (QED) is 0.879. The second-order valence-electron chi connectivity index (χ2n) is 5.26. The molecule has 0 radical (unpaired) electrons. The molecule has 1 atom stereocenters. The molecule has 0 aliphatic carbocycles. The maximum absolute atomic E-state index is 12.7. The molecule has 1 aromatic heterocycles. The molecule has 1 amide bonds. The van der Waals surface area contributed by atoms with E-state index in [0.717, 1.165) is 23.2 Å². The van der Waals surface area contributed by atoms with Gasteiger partial charge in [-0.05, 0) is 36.6 Å². The minimum absolute atomic E-state index is 0. The molecule has 0 spiro atoms. The van der Waals surface area contributed by atoms with Crippen LogP contribution < -0.4 is 10.6 Å². The van der Waals surface area contributed by atoms with Crippen molar-refractivity contribution in [3.63, 3.8) is 0 Å². The molecule has 0 saturated heterocycles. The first-order valence-electron chi connectivity index (χ1n) is 6.72. The molecule has 0 fully saturated rings. The van der Waals surface area contributed by atoms with Crippen LogP contribution in [0.1, 0.15) is 21.5 Å². The largest absolute Gasteiger partial charge is 0.326 e. The predicted octanol–water partition coefficient (Wildman–Crippen LogP) is 2.34. The Kier molecular flexibility index (Phi) is 4.60. The summed E-state index contributed by atoms with van der Waals surface area (Å²) in [6, 6.07) is 9.77. The van der Waals surface area contributed by atoms with Crippen molar-refractivity contribution in [1.29, 1.82) is 0 Å². The van der Waals surface area contributed by atoms with E-state index < -0.39 is 0 Å². The van der Waals surface area contributed by atoms with E-state index >= 15 is 0 Å². The molecular weight excluding hydrogens is 286 g/mol. The normalized spacial score (nSPS) is 16.9. The molecule has 1 unspecified atom stereocenters. The number of aryl methyl sites for hydroxylation is 1. The molecule has 1 aromatic carbocycles. The van der Waals surface area contributed by atoms with Crippen LogP contribution in [0.2, 0.25) is 0 Å². The van der Waals surface area contributed by atoms with E-state index in [1.807, 2.05) is 37.3 Å². The monoisotopic (exact) mass is 303 g/mol. The van der Waals surface area contributed by atoms with Crippen molar-refractivity contribution in [3.8, 4) is 0 Å². The average Bonchev–Trinajstić information content (AvgIpc) is 2.45. The number of fused-ring (bicyclic) bond motifs is 1. The number of carbonyl (C=O) groups is 1. The molecule has 0 bridgehead atoms. The maximum Gasteiger partial charge on any atom is 0.259 e. The number of carbonyl (C=O) groups excluding carboxylic acids is 1.